The quantitative estimate of drug-likeness (QED) is 0.487. The molecule has 0 spiro atoms. The highest BCUT2D eigenvalue weighted by Crippen LogP contribution is 2.34. The molecular formula is C22H17N5O4S. The molecule has 4 aromatic rings. The minimum absolute atomic E-state index is 0.225. The standard InChI is InChI=1S/C22H17N5O4S/c1-2-31-13-9-7-12(8-10-13)19-24-22-27(25-19)21(30)18(32-22)17-14-5-3-4-6-15(14)26(20(17)29)11-16(23)28/h3-10H,2,11H2,1H3,(H2,23,28)/b18-17-. The van der Waals surface area contributed by atoms with Crippen LogP contribution in [0.25, 0.3) is 21.9 Å². The smallest absolute Gasteiger partial charge is 0.291 e. The van der Waals surface area contributed by atoms with E-state index in [9.17, 15) is 14.4 Å². The SMILES string of the molecule is CCOc1ccc(-c2nc3s/c(=C4\C(=O)N(CC(N)=O)c5ccccc54)c(=O)n3n2)cc1. The van der Waals surface area contributed by atoms with Gasteiger partial charge in [-0.1, -0.05) is 29.5 Å². The lowest BCUT2D eigenvalue weighted by Gasteiger charge is -2.14. The van der Waals surface area contributed by atoms with Crippen molar-refractivity contribution in [3.8, 4) is 17.1 Å². The lowest BCUT2D eigenvalue weighted by atomic mass is 10.1. The summed E-state index contributed by atoms with van der Waals surface area (Å²) in [5.74, 6) is 0.0542. The van der Waals surface area contributed by atoms with Crippen molar-refractivity contribution in [2.75, 3.05) is 18.1 Å². The monoisotopic (exact) mass is 447 g/mol. The molecule has 1 aliphatic rings. The molecular weight excluding hydrogens is 430 g/mol. The molecule has 9 nitrogen and oxygen atoms in total. The fourth-order valence-corrected chi connectivity index (χ4v) is 4.68. The first-order valence-electron chi connectivity index (χ1n) is 9.84. The maximum atomic E-state index is 13.2. The Hall–Kier alpha value is -4.05. The van der Waals surface area contributed by atoms with Crippen LogP contribution in [0.3, 0.4) is 0 Å². The number of anilines is 1. The van der Waals surface area contributed by atoms with Gasteiger partial charge >= 0.3 is 0 Å². The van der Waals surface area contributed by atoms with Gasteiger partial charge in [0.1, 0.15) is 16.8 Å². The van der Waals surface area contributed by atoms with Crippen LogP contribution >= 0.6 is 11.3 Å². The normalized spacial score (nSPS) is 14.8. The number of thiazole rings is 1. The summed E-state index contributed by atoms with van der Waals surface area (Å²) < 4.78 is 6.87. The number of carbonyl (C=O) groups is 2. The maximum absolute atomic E-state index is 13.2. The molecule has 2 amide bonds. The number of nitrogens with two attached hydrogens (primary N) is 1. The molecule has 160 valence electrons. The number of fused-ring (bicyclic) bond motifs is 2. The summed E-state index contributed by atoms with van der Waals surface area (Å²) >= 11 is 1.09. The Morgan fingerprint density at radius 2 is 1.88 bits per heavy atom. The maximum Gasteiger partial charge on any atom is 0.291 e. The van der Waals surface area contributed by atoms with Crippen molar-refractivity contribution in [1.82, 2.24) is 14.6 Å². The molecule has 10 heteroatoms. The predicted octanol–water partition coefficient (Wildman–Crippen LogP) is 0.966. The zero-order valence-corrected chi connectivity index (χ0v) is 17.8. The van der Waals surface area contributed by atoms with Gasteiger partial charge in [0, 0.05) is 11.1 Å². The van der Waals surface area contributed by atoms with Crippen molar-refractivity contribution in [2.45, 2.75) is 6.92 Å². The predicted molar refractivity (Wildman–Crippen MR) is 119 cm³/mol. The number of hydrogen-bond donors (Lipinski definition) is 1. The number of ether oxygens (including phenoxy) is 1. The molecule has 0 unspecified atom stereocenters. The van der Waals surface area contributed by atoms with E-state index in [0.29, 0.717) is 28.6 Å². The number of rotatable bonds is 5. The number of nitrogens with zero attached hydrogens (tertiary/aromatic N) is 4. The third-order valence-corrected chi connectivity index (χ3v) is 6.07. The number of primary amides is 1. The second-order valence-electron chi connectivity index (χ2n) is 7.07. The summed E-state index contributed by atoms with van der Waals surface area (Å²) in [6, 6.07) is 14.3. The highest BCUT2D eigenvalue weighted by molar-refractivity contribution is 7.15. The highest BCUT2D eigenvalue weighted by Gasteiger charge is 2.35. The molecule has 32 heavy (non-hydrogen) atoms. The van der Waals surface area contributed by atoms with Gasteiger partial charge in [-0.25, -0.2) is 0 Å². The molecule has 0 bridgehead atoms. The average molecular weight is 447 g/mol. The van der Waals surface area contributed by atoms with Gasteiger partial charge in [0.2, 0.25) is 10.9 Å². The number of para-hydroxylation sites is 1. The van der Waals surface area contributed by atoms with Crippen molar-refractivity contribution >= 4 is 39.4 Å². The number of hydrogen-bond acceptors (Lipinski definition) is 7. The highest BCUT2D eigenvalue weighted by atomic mass is 32.1. The van der Waals surface area contributed by atoms with E-state index in [2.05, 4.69) is 10.1 Å². The Bertz CT molecular complexity index is 1490. The number of aromatic nitrogens is 3. The van der Waals surface area contributed by atoms with Gasteiger partial charge in [-0.15, -0.1) is 5.10 Å². The van der Waals surface area contributed by atoms with Crippen LogP contribution in [0.15, 0.2) is 53.3 Å². The molecule has 2 aromatic carbocycles. The van der Waals surface area contributed by atoms with Crippen LogP contribution in [0, 0.1) is 0 Å². The van der Waals surface area contributed by atoms with E-state index in [0.717, 1.165) is 22.6 Å². The van der Waals surface area contributed by atoms with Crippen LogP contribution < -0.4 is 25.5 Å². The van der Waals surface area contributed by atoms with E-state index < -0.39 is 17.4 Å². The van der Waals surface area contributed by atoms with Crippen LogP contribution in [-0.4, -0.2) is 39.6 Å². The Balaban J connectivity index is 1.63. The fourth-order valence-electron chi connectivity index (χ4n) is 3.69. The summed E-state index contributed by atoms with van der Waals surface area (Å²) in [5.41, 5.74) is 6.97. The van der Waals surface area contributed by atoms with E-state index >= 15 is 0 Å². The van der Waals surface area contributed by atoms with Crippen LogP contribution in [0.4, 0.5) is 5.69 Å². The van der Waals surface area contributed by atoms with Gasteiger partial charge in [-0.2, -0.15) is 9.50 Å². The Morgan fingerprint density at radius 1 is 1.12 bits per heavy atom. The number of carbonyl (C=O) groups excluding carboxylic acids is 2. The van der Waals surface area contributed by atoms with E-state index in [4.69, 9.17) is 10.5 Å². The first kappa shape index (κ1) is 19.9. The van der Waals surface area contributed by atoms with Gasteiger partial charge in [0.15, 0.2) is 5.82 Å². The molecule has 0 atom stereocenters. The van der Waals surface area contributed by atoms with Crippen LogP contribution in [-0.2, 0) is 9.59 Å². The van der Waals surface area contributed by atoms with Crippen LogP contribution in [0.2, 0.25) is 0 Å². The summed E-state index contributed by atoms with van der Waals surface area (Å²) in [6.45, 7) is 2.21. The minimum atomic E-state index is -0.639. The second-order valence-corrected chi connectivity index (χ2v) is 8.05. The molecule has 1 aliphatic heterocycles. The second kappa shape index (κ2) is 7.57. The summed E-state index contributed by atoms with van der Waals surface area (Å²) in [4.78, 5) is 43.9. The minimum Gasteiger partial charge on any atom is -0.494 e. The summed E-state index contributed by atoms with van der Waals surface area (Å²) in [5, 5.41) is 4.35. The molecule has 0 saturated carbocycles. The van der Waals surface area contributed by atoms with Gasteiger partial charge in [0.25, 0.3) is 11.5 Å². The molecule has 0 aliphatic carbocycles. The fraction of sp³-hybridized carbons (Fsp3) is 0.136. The van der Waals surface area contributed by atoms with E-state index in [1.807, 2.05) is 31.2 Å². The van der Waals surface area contributed by atoms with E-state index in [-0.39, 0.29) is 16.7 Å². The Morgan fingerprint density at radius 3 is 2.56 bits per heavy atom. The lowest BCUT2D eigenvalue weighted by Crippen LogP contribution is -2.37. The third-order valence-electron chi connectivity index (χ3n) is 5.05. The topological polar surface area (TPSA) is 120 Å². The summed E-state index contributed by atoms with van der Waals surface area (Å²) in [7, 11) is 0. The zero-order chi connectivity index (χ0) is 22.4. The van der Waals surface area contributed by atoms with Crippen molar-refractivity contribution in [3.63, 3.8) is 0 Å². The molecule has 0 saturated heterocycles. The Kier molecular flexibility index (Phi) is 4.71. The van der Waals surface area contributed by atoms with Gasteiger partial charge in [-0.05, 0) is 37.3 Å². The molecule has 2 N–H and O–H groups in total. The van der Waals surface area contributed by atoms with Crippen LogP contribution in [0.5, 0.6) is 5.75 Å². The number of amides is 2. The van der Waals surface area contributed by atoms with Gasteiger partial charge < -0.3 is 10.5 Å². The average Bonchev–Trinajstić information content (AvgIpc) is 3.41. The van der Waals surface area contributed by atoms with E-state index in [1.165, 1.54) is 9.42 Å². The van der Waals surface area contributed by atoms with Crippen molar-refractivity contribution in [3.05, 3.63) is 69.0 Å². The van der Waals surface area contributed by atoms with Crippen LogP contribution in [0.1, 0.15) is 12.5 Å². The third kappa shape index (κ3) is 3.12. The zero-order valence-electron chi connectivity index (χ0n) is 16.9. The van der Waals surface area contributed by atoms with Gasteiger partial charge in [-0.3, -0.25) is 19.3 Å². The van der Waals surface area contributed by atoms with Crippen molar-refractivity contribution in [1.29, 1.82) is 0 Å². The van der Waals surface area contributed by atoms with Crippen molar-refractivity contribution in [2.24, 2.45) is 5.73 Å². The van der Waals surface area contributed by atoms with Crippen molar-refractivity contribution < 1.29 is 14.3 Å². The molecule has 5 rings (SSSR count). The molecule has 0 radical (unpaired) electrons. The first-order valence-corrected chi connectivity index (χ1v) is 10.7. The number of benzene rings is 2. The largest absolute Gasteiger partial charge is 0.494 e. The Labute approximate surface area is 185 Å². The van der Waals surface area contributed by atoms with E-state index in [1.54, 1.807) is 24.3 Å². The molecule has 3 heterocycles. The molecule has 0 fully saturated rings. The first-order chi connectivity index (χ1) is 15.5. The van der Waals surface area contributed by atoms with Gasteiger partial charge in [0.05, 0.1) is 17.9 Å². The molecule has 2 aromatic heterocycles. The lowest BCUT2D eigenvalue weighted by molar-refractivity contribution is -0.119. The summed E-state index contributed by atoms with van der Waals surface area (Å²) in [6.07, 6.45) is 0.